The molecule has 3 N–H and O–H groups in total. The number of aromatic nitrogens is 3. The third-order valence-corrected chi connectivity index (χ3v) is 2.35. The molecule has 0 unspecified atom stereocenters. The lowest BCUT2D eigenvalue weighted by atomic mass is 10.3. The second kappa shape index (κ2) is 5.53. The lowest BCUT2D eigenvalue weighted by molar-refractivity contribution is -0.119. The van der Waals surface area contributed by atoms with Crippen LogP contribution in [0.2, 0.25) is 0 Å². The van der Waals surface area contributed by atoms with Crippen LogP contribution in [0.25, 0.3) is 5.69 Å². The van der Waals surface area contributed by atoms with E-state index < -0.39 is 11.6 Å². The number of carbonyl (C=O) groups excluding carboxylic acids is 1. The zero-order valence-electron chi connectivity index (χ0n) is 9.81. The van der Waals surface area contributed by atoms with Crippen molar-refractivity contribution in [2.75, 3.05) is 6.54 Å². The second-order valence-corrected chi connectivity index (χ2v) is 3.73. The normalized spacial score (nSPS) is 10.5. The number of nitrogens with zero attached hydrogens (tertiary/aromatic N) is 3. The van der Waals surface area contributed by atoms with Crippen molar-refractivity contribution in [2.24, 2.45) is 5.73 Å². The van der Waals surface area contributed by atoms with Gasteiger partial charge in [0.25, 0.3) is 0 Å². The molecule has 0 saturated heterocycles. The number of hydrogen-bond acceptors (Lipinski definition) is 4. The van der Waals surface area contributed by atoms with E-state index >= 15 is 0 Å². The molecule has 1 amide bonds. The molecule has 0 aliphatic rings. The molecule has 1 heterocycles. The Morgan fingerprint density at radius 3 is 2.89 bits per heavy atom. The van der Waals surface area contributed by atoms with Crippen LogP contribution in [0.4, 0.5) is 8.78 Å². The third kappa shape index (κ3) is 3.10. The highest BCUT2D eigenvalue weighted by Gasteiger charge is 2.09. The van der Waals surface area contributed by atoms with Gasteiger partial charge in [0.05, 0.1) is 19.3 Å². The first-order valence-electron chi connectivity index (χ1n) is 5.43. The van der Waals surface area contributed by atoms with Gasteiger partial charge in [0, 0.05) is 6.07 Å². The van der Waals surface area contributed by atoms with E-state index in [0.29, 0.717) is 5.69 Å². The van der Waals surface area contributed by atoms with Crippen molar-refractivity contribution in [2.45, 2.75) is 6.54 Å². The molecule has 100 valence electrons. The van der Waals surface area contributed by atoms with Crippen molar-refractivity contribution >= 4 is 5.91 Å². The number of benzene rings is 1. The minimum Gasteiger partial charge on any atom is -0.349 e. The zero-order valence-corrected chi connectivity index (χ0v) is 9.81. The van der Waals surface area contributed by atoms with Crippen molar-refractivity contribution < 1.29 is 13.6 Å². The molecule has 0 aliphatic carbocycles. The standard InChI is InChI=1S/C11H11F2N5O/c12-7-1-2-10(9(13)3-7)18-6-8(16-17-18)5-15-11(19)4-14/h1-3,6H,4-5,14H2,(H,15,19). The summed E-state index contributed by atoms with van der Waals surface area (Å²) in [5, 5.41) is 9.97. The largest absolute Gasteiger partial charge is 0.349 e. The molecule has 0 radical (unpaired) electrons. The first-order valence-corrected chi connectivity index (χ1v) is 5.43. The molecule has 2 aromatic rings. The summed E-state index contributed by atoms with van der Waals surface area (Å²) in [6.45, 7) is 0.0135. The van der Waals surface area contributed by atoms with Gasteiger partial charge in [-0.25, -0.2) is 13.5 Å². The first kappa shape index (κ1) is 13.1. The number of nitrogens with two attached hydrogens (primary N) is 1. The van der Waals surface area contributed by atoms with Crippen LogP contribution in [0.3, 0.4) is 0 Å². The molecular weight excluding hydrogens is 256 g/mol. The highest BCUT2D eigenvalue weighted by Crippen LogP contribution is 2.13. The molecule has 6 nitrogen and oxygen atoms in total. The fraction of sp³-hybridized carbons (Fsp3) is 0.182. The van der Waals surface area contributed by atoms with Gasteiger partial charge in [-0.15, -0.1) is 5.10 Å². The number of amides is 1. The monoisotopic (exact) mass is 267 g/mol. The van der Waals surface area contributed by atoms with Crippen LogP contribution < -0.4 is 11.1 Å². The summed E-state index contributed by atoms with van der Waals surface area (Å²) in [5.74, 6) is -1.75. The average molecular weight is 267 g/mol. The molecule has 0 bridgehead atoms. The van der Waals surface area contributed by atoms with Gasteiger partial charge in [0.2, 0.25) is 5.91 Å². The molecule has 0 aliphatic heterocycles. The lowest BCUT2D eigenvalue weighted by Crippen LogP contribution is -2.29. The van der Waals surface area contributed by atoms with Gasteiger partial charge in [0.1, 0.15) is 17.2 Å². The molecule has 0 fully saturated rings. The van der Waals surface area contributed by atoms with E-state index in [1.54, 1.807) is 0 Å². The Labute approximate surface area is 107 Å². The van der Waals surface area contributed by atoms with Gasteiger partial charge in [-0.1, -0.05) is 5.21 Å². The smallest absolute Gasteiger partial charge is 0.234 e. The molecule has 8 heteroatoms. The maximum Gasteiger partial charge on any atom is 0.234 e. The quantitative estimate of drug-likeness (QED) is 0.824. The van der Waals surface area contributed by atoms with E-state index in [2.05, 4.69) is 15.6 Å². The molecule has 1 aromatic carbocycles. The van der Waals surface area contributed by atoms with Crippen molar-refractivity contribution in [1.29, 1.82) is 0 Å². The maximum absolute atomic E-state index is 13.5. The van der Waals surface area contributed by atoms with E-state index in [9.17, 15) is 13.6 Å². The number of rotatable bonds is 4. The van der Waals surface area contributed by atoms with Crippen LogP contribution in [-0.2, 0) is 11.3 Å². The molecule has 0 spiro atoms. The van der Waals surface area contributed by atoms with E-state index in [0.717, 1.165) is 12.1 Å². The Hall–Kier alpha value is -2.35. The van der Waals surface area contributed by atoms with Crippen molar-refractivity contribution in [1.82, 2.24) is 20.3 Å². The number of nitrogens with one attached hydrogen (secondary N) is 1. The van der Waals surface area contributed by atoms with Gasteiger partial charge in [0.15, 0.2) is 5.82 Å². The fourth-order valence-electron chi connectivity index (χ4n) is 1.43. The van der Waals surface area contributed by atoms with Gasteiger partial charge in [-0.05, 0) is 12.1 Å². The van der Waals surface area contributed by atoms with Crippen molar-refractivity contribution in [3.63, 3.8) is 0 Å². The third-order valence-electron chi connectivity index (χ3n) is 2.35. The van der Waals surface area contributed by atoms with E-state index in [4.69, 9.17) is 5.73 Å². The molecule has 0 atom stereocenters. The van der Waals surface area contributed by atoms with Gasteiger partial charge in [-0.2, -0.15) is 0 Å². The van der Waals surface area contributed by atoms with Gasteiger partial charge < -0.3 is 11.1 Å². The van der Waals surface area contributed by atoms with Crippen LogP contribution in [0.5, 0.6) is 0 Å². The van der Waals surface area contributed by atoms with E-state index in [1.807, 2.05) is 0 Å². The molecule has 19 heavy (non-hydrogen) atoms. The van der Waals surface area contributed by atoms with E-state index in [-0.39, 0.29) is 24.7 Å². The van der Waals surface area contributed by atoms with Crippen LogP contribution in [0, 0.1) is 11.6 Å². The topological polar surface area (TPSA) is 85.8 Å². The number of carbonyl (C=O) groups is 1. The van der Waals surface area contributed by atoms with Gasteiger partial charge >= 0.3 is 0 Å². The zero-order chi connectivity index (χ0) is 13.8. The Morgan fingerprint density at radius 1 is 1.42 bits per heavy atom. The fourth-order valence-corrected chi connectivity index (χ4v) is 1.43. The summed E-state index contributed by atoms with van der Waals surface area (Å²) in [4.78, 5) is 11.0. The number of hydrogen-bond donors (Lipinski definition) is 2. The summed E-state index contributed by atoms with van der Waals surface area (Å²) in [7, 11) is 0. The predicted octanol–water partition coefficient (Wildman–Crippen LogP) is 0.120. The van der Waals surface area contributed by atoms with Crippen LogP contribution >= 0.6 is 0 Å². The summed E-state index contributed by atoms with van der Waals surface area (Å²) < 4.78 is 27.4. The Balaban J connectivity index is 2.14. The molecule has 0 saturated carbocycles. The SMILES string of the molecule is NCC(=O)NCc1cn(-c2ccc(F)cc2F)nn1. The summed E-state index contributed by atoms with van der Waals surface area (Å²) in [5.41, 5.74) is 5.64. The van der Waals surface area contributed by atoms with Crippen LogP contribution in [0.15, 0.2) is 24.4 Å². The minimum atomic E-state index is -0.748. The Morgan fingerprint density at radius 2 is 2.21 bits per heavy atom. The Bertz CT molecular complexity index is 599. The second-order valence-electron chi connectivity index (χ2n) is 3.73. The van der Waals surface area contributed by atoms with Gasteiger partial charge in [-0.3, -0.25) is 4.79 Å². The highest BCUT2D eigenvalue weighted by molar-refractivity contribution is 5.77. The molecule has 2 rings (SSSR count). The van der Waals surface area contributed by atoms with Crippen molar-refractivity contribution in [3.05, 3.63) is 41.7 Å². The summed E-state index contributed by atoms with van der Waals surface area (Å²) in [6, 6.07) is 3.13. The predicted molar refractivity (Wildman–Crippen MR) is 62.2 cm³/mol. The van der Waals surface area contributed by atoms with Crippen LogP contribution in [0.1, 0.15) is 5.69 Å². The van der Waals surface area contributed by atoms with Crippen LogP contribution in [-0.4, -0.2) is 27.4 Å². The summed E-state index contributed by atoms with van der Waals surface area (Å²) in [6.07, 6.45) is 1.44. The van der Waals surface area contributed by atoms with Crippen molar-refractivity contribution in [3.8, 4) is 5.69 Å². The Kier molecular flexibility index (Phi) is 3.81. The molecular formula is C11H11F2N5O. The summed E-state index contributed by atoms with van der Waals surface area (Å²) >= 11 is 0. The van der Waals surface area contributed by atoms with E-state index in [1.165, 1.54) is 16.9 Å². The molecule has 1 aromatic heterocycles. The first-order chi connectivity index (χ1) is 9.10. The lowest BCUT2D eigenvalue weighted by Gasteiger charge is -2.01. The highest BCUT2D eigenvalue weighted by atomic mass is 19.1. The minimum absolute atomic E-state index is 0.0744. The maximum atomic E-state index is 13.5. The number of halogens is 2. The average Bonchev–Trinajstić information content (AvgIpc) is 2.84.